The second-order valence-corrected chi connectivity index (χ2v) is 5.22. The van der Waals surface area contributed by atoms with Gasteiger partial charge in [0.15, 0.2) is 0 Å². The van der Waals surface area contributed by atoms with Crippen molar-refractivity contribution in [2.24, 2.45) is 0 Å². The summed E-state index contributed by atoms with van der Waals surface area (Å²) in [5, 5.41) is 6.48. The maximum atomic E-state index is 11.9. The molecule has 4 heteroatoms. The van der Waals surface area contributed by atoms with Crippen LogP contribution in [0.4, 0.5) is 0 Å². The first kappa shape index (κ1) is 13.0. The molecule has 98 valence electrons. The monoisotopic (exact) mass is 247 g/mol. The Morgan fingerprint density at radius 3 is 2.94 bits per heavy atom. The van der Waals surface area contributed by atoms with Gasteiger partial charge < -0.3 is 10.6 Å². The minimum Gasteiger partial charge on any atom is -0.351 e. The Hall–Kier alpha value is -1.42. The third-order valence-corrected chi connectivity index (χ3v) is 3.51. The summed E-state index contributed by atoms with van der Waals surface area (Å²) in [5.74, 6) is 0.142. The Morgan fingerprint density at radius 1 is 1.50 bits per heavy atom. The SMILES string of the molecule is CC1(NC(=O)CCc2cccnc2)CCNCC1. The van der Waals surface area contributed by atoms with Crippen LogP contribution in [0.15, 0.2) is 24.5 Å². The lowest BCUT2D eigenvalue weighted by Gasteiger charge is -2.35. The number of amides is 1. The fraction of sp³-hybridized carbons (Fsp3) is 0.571. The molecule has 18 heavy (non-hydrogen) atoms. The summed E-state index contributed by atoms with van der Waals surface area (Å²) in [6.07, 6.45) is 6.87. The molecule has 1 fully saturated rings. The molecule has 1 aliphatic rings. The molecule has 1 aromatic rings. The van der Waals surface area contributed by atoms with E-state index in [-0.39, 0.29) is 11.4 Å². The van der Waals surface area contributed by atoms with E-state index in [0.717, 1.165) is 37.9 Å². The molecule has 0 radical (unpaired) electrons. The minimum atomic E-state index is -0.0305. The molecular formula is C14H21N3O. The van der Waals surface area contributed by atoms with Gasteiger partial charge in [0.2, 0.25) is 5.91 Å². The molecule has 2 N–H and O–H groups in total. The molecule has 0 aromatic carbocycles. The maximum absolute atomic E-state index is 11.9. The molecule has 4 nitrogen and oxygen atoms in total. The number of piperidine rings is 1. The minimum absolute atomic E-state index is 0.0305. The first-order chi connectivity index (χ1) is 8.68. The second-order valence-electron chi connectivity index (χ2n) is 5.22. The quantitative estimate of drug-likeness (QED) is 0.842. The molecule has 1 amide bonds. The van der Waals surface area contributed by atoms with Crippen molar-refractivity contribution in [3.63, 3.8) is 0 Å². The summed E-state index contributed by atoms with van der Waals surface area (Å²) in [5.41, 5.74) is 1.08. The van der Waals surface area contributed by atoms with Gasteiger partial charge in [0.1, 0.15) is 0 Å². The molecule has 0 saturated carbocycles. The number of nitrogens with zero attached hydrogens (tertiary/aromatic N) is 1. The fourth-order valence-corrected chi connectivity index (χ4v) is 2.31. The van der Waals surface area contributed by atoms with Crippen LogP contribution in [0.2, 0.25) is 0 Å². The van der Waals surface area contributed by atoms with E-state index in [1.165, 1.54) is 0 Å². The second kappa shape index (κ2) is 5.96. The van der Waals surface area contributed by atoms with Crippen molar-refractivity contribution < 1.29 is 4.79 Å². The zero-order valence-electron chi connectivity index (χ0n) is 10.9. The first-order valence-corrected chi connectivity index (χ1v) is 6.59. The van der Waals surface area contributed by atoms with Crippen molar-refractivity contribution in [1.29, 1.82) is 0 Å². The highest BCUT2D eigenvalue weighted by Gasteiger charge is 2.27. The largest absolute Gasteiger partial charge is 0.351 e. The Labute approximate surface area is 108 Å². The third kappa shape index (κ3) is 3.81. The summed E-state index contributed by atoms with van der Waals surface area (Å²) < 4.78 is 0. The van der Waals surface area contributed by atoms with Crippen LogP contribution in [0.5, 0.6) is 0 Å². The van der Waals surface area contributed by atoms with Gasteiger partial charge in [-0.3, -0.25) is 9.78 Å². The lowest BCUT2D eigenvalue weighted by Crippen LogP contribution is -2.52. The number of nitrogens with one attached hydrogen (secondary N) is 2. The van der Waals surface area contributed by atoms with Crippen molar-refractivity contribution in [2.45, 2.75) is 38.1 Å². The summed E-state index contributed by atoms with van der Waals surface area (Å²) in [4.78, 5) is 16.0. The van der Waals surface area contributed by atoms with Crippen LogP contribution < -0.4 is 10.6 Å². The molecule has 1 aromatic heterocycles. The normalized spacial score (nSPS) is 18.3. The Balaban J connectivity index is 1.78. The Bertz CT molecular complexity index is 385. The summed E-state index contributed by atoms with van der Waals surface area (Å²) in [7, 11) is 0. The van der Waals surface area contributed by atoms with Gasteiger partial charge in [0, 0.05) is 24.4 Å². The number of aryl methyl sites for hydroxylation is 1. The average Bonchev–Trinajstić information content (AvgIpc) is 2.38. The van der Waals surface area contributed by atoms with Gasteiger partial charge in [0.05, 0.1) is 0 Å². The maximum Gasteiger partial charge on any atom is 0.220 e. The lowest BCUT2D eigenvalue weighted by atomic mass is 9.90. The number of carbonyl (C=O) groups is 1. The van der Waals surface area contributed by atoms with E-state index < -0.39 is 0 Å². The van der Waals surface area contributed by atoms with Gasteiger partial charge in [-0.05, 0) is 50.9 Å². The lowest BCUT2D eigenvalue weighted by molar-refractivity contribution is -0.123. The van der Waals surface area contributed by atoms with Crippen LogP contribution in [0, 0.1) is 0 Å². The number of hydrogen-bond acceptors (Lipinski definition) is 3. The van der Waals surface area contributed by atoms with Crippen LogP contribution in [-0.2, 0) is 11.2 Å². The highest BCUT2D eigenvalue weighted by Crippen LogP contribution is 2.17. The predicted octanol–water partition coefficient (Wildman–Crippen LogP) is 1.27. The predicted molar refractivity (Wildman–Crippen MR) is 71.2 cm³/mol. The van der Waals surface area contributed by atoms with E-state index in [0.29, 0.717) is 6.42 Å². The van der Waals surface area contributed by atoms with Gasteiger partial charge in [0.25, 0.3) is 0 Å². The van der Waals surface area contributed by atoms with Crippen molar-refractivity contribution in [1.82, 2.24) is 15.6 Å². The molecule has 0 aliphatic carbocycles. The van der Waals surface area contributed by atoms with Gasteiger partial charge in [-0.1, -0.05) is 6.07 Å². The molecular weight excluding hydrogens is 226 g/mol. The van der Waals surface area contributed by atoms with E-state index in [2.05, 4.69) is 22.5 Å². The third-order valence-electron chi connectivity index (χ3n) is 3.51. The smallest absolute Gasteiger partial charge is 0.220 e. The summed E-state index contributed by atoms with van der Waals surface area (Å²) >= 11 is 0. The fourth-order valence-electron chi connectivity index (χ4n) is 2.31. The molecule has 2 heterocycles. The van der Waals surface area contributed by atoms with Crippen molar-refractivity contribution in [3.8, 4) is 0 Å². The molecule has 1 aliphatic heterocycles. The first-order valence-electron chi connectivity index (χ1n) is 6.59. The highest BCUT2D eigenvalue weighted by atomic mass is 16.1. The Morgan fingerprint density at radius 2 is 2.28 bits per heavy atom. The number of carbonyl (C=O) groups excluding carboxylic acids is 1. The number of pyridine rings is 1. The van der Waals surface area contributed by atoms with Gasteiger partial charge in [-0.2, -0.15) is 0 Å². The van der Waals surface area contributed by atoms with E-state index in [1.54, 1.807) is 6.20 Å². The van der Waals surface area contributed by atoms with Crippen molar-refractivity contribution >= 4 is 5.91 Å². The van der Waals surface area contributed by atoms with Crippen LogP contribution in [-0.4, -0.2) is 29.5 Å². The van der Waals surface area contributed by atoms with E-state index >= 15 is 0 Å². The highest BCUT2D eigenvalue weighted by molar-refractivity contribution is 5.77. The van der Waals surface area contributed by atoms with E-state index in [9.17, 15) is 4.79 Å². The van der Waals surface area contributed by atoms with Gasteiger partial charge in [-0.25, -0.2) is 0 Å². The van der Waals surface area contributed by atoms with Crippen LogP contribution in [0.25, 0.3) is 0 Å². The molecule has 0 atom stereocenters. The molecule has 0 spiro atoms. The standard InChI is InChI=1S/C14H21N3O/c1-14(6-9-15-10-7-14)17-13(18)5-4-12-3-2-8-16-11-12/h2-3,8,11,15H,4-7,9-10H2,1H3,(H,17,18). The van der Waals surface area contributed by atoms with Crippen molar-refractivity contribution in [3.05, 3.63) is 30.1 Å². The number of aromatic nitrogens is 1. The molecule has 0 unspecified atom stereocenters. The zero-order chi connectivity index (χ0) is 12.8. The average molecular weight is 247 g/mol. The summed E-state index contributed by atoms with van der Waals surface area (Å²) in [6, 6.07) is 3.91. The Kier molecular flexibility index (Phi) is 4.31. The van der Waals surface area contributed by atoms with Crippen molar-refractivity contribution in [2.75, 3.05) is 13.1 Å². The topological polar surface area (TPSA) is 54.0 Å². The number of hydrogen-bond donors (Lipinski definition) is 2. The van der Waals surface area contributed by atoms with Crippen LogP contribution in [0.3, 0.4) is 0 Å². The zero-order valence-corrected chi connectivity index (χ0v) is 10.9. The van der Waals surface area contributed by atoms with Crippen LogP contribution in [0.1, 0.15) is 31.7 Å². The van der Waals surface area contributed by atoms with E-state index in [4.69, 9.17) is 0 Å². The van der Waals surface area contributed by atoms with Gasteiger partial charge in [-0.15, -0.1) is 0 Å². The number of rotatable bonds is 4. The molecule has 1 saturated heterocycles. The van der Waals surface area contributed by atoms with Crippen LogP contribution >= 0.6 is 0 Å². The van der Waals surface area contributed by atoms with Gasteiger partial charge >= 0.3 is 0 Å². The summed E-state index contributed by atoms with van der Waals surface area (Å²) in [6.45, 7) is 4.11. The molecule has 0 bridgehead atoms. The van der Waals surface area contributed by atoms with E-state index in [1.807, 2.05) is 18.3 Å². The molecule has 2 rings (SSSR count).